The predicted molar refractivity (Wildman–Crippen MR) is 28.8 cm³/mol. The van der Waals surface area contributed by atoms with Gasteiger partial charge < -0.3 is 0 Å². The van der Waals surface area contributed by atoms with Crippen molar-refractivity contribution in [3.05, 3.63) is 4.91 Å². The molecule has 8 heavy (non-hydrogen) atoms. The van der Waals surface area contributed by atoms with Crippen LogP contribution in [0.1, 0.15) is 0 Å². The Morgan fingerprint density at radius 2 is 1.12 bits per heavy atom. The standard InChI is InChI=1S/Ca.HNO.H2O4S.2H/c;1-2;1-5(2,3)4;;/h;1H;(H2,1,2,3,4);;. The first kappa shape index (κ1) is 15.9. The van der Waals surface area contributed by atoms with Crippen LogP contribution >= 0.6 is 0 Å². The molecule has 0 aliphatic carbocycles. The van der Waals surface area contributed by atoms with Crippen molar-refractivity contribution in [2.45, 2.75) is 0 Å². The maximum atomic E-state index is 8.74. The molecular formula is H5CaNO5S. The minimum absolute atomic E-state index is 0. The summed E-state index contributed by atoms with van der Waals surface area (Å²) in [6.45, 7) is 0. The van der Waals surface area contributed by atoms with Crippen LogP contribution in [-0.4, -0.2) is 55.3 Å². The van der Waals surface area contributed by atoms with Gasteiger partial charge in [0, 0.05) is 0 Å². The zero-order valence-corrected chi connectivity index (χ0v) is 3.84. The molecule has 0 rings (SSSR count). The van der Waals surface area contributed by atoms with Crippen LogP contribution in [0.4, 0.5) is 0 Å². The van der Waals surface area contributed by atoms with Crippen molar-refractivity contribution in [1.29, 1.82) is 5.59 Å². The average Bonchev–Trinajstić information content (AvgIpc) is 1.36. The summed E-state index contributed by atoms with van der Waals surface area (Å²) in [5.74, 6) is 0. The molecule has 0 amide bonds. The van der Waals surface area contributed by atoms with Crippen molar-refractivity contribution in [3.8, 4) is 0 Å². The van der Waals surface area contributed by atoms with Crippen LogP contribution < -0.4 is 0 Å². The molecule has 0 saturated carbocycles. The van der Waals surface area contributed by atoms with Crippen LogP contribution in [-0.2, 0) is 10.4 Å². The minimum atomic E-state index is -4.67. The van der Waals surface area contributed by atoms with E-state index in [0.29, 0.717) is 0 Å². The van der Waals surface area contributed by atoms with Crippen molar-refractivity contribution in [1.82, 2.24) is 0 Å². The zero-order valence-electron chi connectivity index (χ0n) is 3.03. The van der Waals surface area contributed by atoms with Gasteiger partial charge in [0.05, 0.1) is 0 Å². The number of hydrogen-bond acceptors (Lipinski definition) is 4. The maximum absolute atomic E-state index is 8.74. The van der Waals surface area contributed by atoms with Crippen molar-refractivity contribution >= 4 is 48.1 Å². The summed E-state index contributed by atoms with van der Waals surface area (Å²) in [5.41, 5.74) is 4.50. The van der Waals surface area contributed by atoms with E-state index in [9.17, 15) is 0 Å². The van der Waals surface area contributed by atoms with E-state index >= 15 is 0 Å². The summed E-state index contributed by atoms with van der Waals surface area (Å²) < 4.78 is 31.6. The van der Waals surface area contributed by atoms with Crippen molar-refractivity contribution in [2.75, 3.05) is 0 Å². The second kappa shape index (κ2) is 7.73. The third kappa shape index (κ3) is 415. The van der Waals surface area contributed by atoms with Gasteiger partial charge in [-0.05, 0) is 0 Å². The molecule has 0 saturated heterocycles. The van der Waals surface area contributed by atoms with Crippen LogP contribution in [0.2, 0.25) is 0 Å². The van der Waals surface area contributed by atoms with E-state index in [1.54, 1.807) is 0 Å². The van der Waals surface area contributed by atoms with Gasteiger partial charge in [-0.25, -0.2) is 0 Å². The molecule has 8 heteroatoms. The van der Waals surface area contributed by atoms with Crippen LogP contribution in [0, 0.1) is 10.5 Å². The zero-order chi connectivity index (χ0) is 6.50. The van der Waals surface area contributed by atoms with Crippen LogP contribution in [0.25, 0.3) is 0 Å². The van der Waals surface area contributed by atoms with E-state index in [-0.39, 0.29) is 37.7 Å². The quantitative estimate of drug-likeness (QED) is 0.239. The van der Waals surface area contributed by atoms with Crippen LogP contribution in [0.3, 0.4) is 0 Å². The molecule has 0 aromatic carbocycles. The summed E-state index contributed by atoms with van der Waals surface area (Å²) >= 11 is 0. The molecule has 0 heterocycles. The molecule has 0 unspecified atom stereocenters. The van der Waals surface area contributed by atoms with E-state index in [0.717, 1.165) is 0 Å². The van der Waals surface area contributed by atoms with Gasteiger partial charge >= 0.3 is 48.1 Å². The fourth-order valence-electron chi connectivity index (χ4n) is 0. The Kier molecular flexibility index (Phi) is 15.4. The molecule has 48 valence electrons. The Bertz CT molecular complexity index is 106. The Morgan fingerprint density at radius 3 is 1.12 bits per heavy atom. The Hall–Kier alpha value is 0.730. The van der Waals surface area contributed by atoms with Crippen LogP contribution in [0.15, 0.2) is 0 Å². The van der Waals surface area contributed by atoms with Crippen LogP contribution in [0.5, 0.6) is 0 Å². The molecule has 0 aliphatic rings. The van der Waals surface area contributed by atoms with Gasteiger partial charge in [0.15, 0.2) is 0 Å². The number of nitrogens with one attached hydrogen (secondary N) is 1. The molecular weight excluding hydrogens is 166 g/mol. The third-order valence-electron chi connectivity index (χ3n) is 0. The van der Waals surface area contributed by atoms with Gasteiger partial charge in [-0.2, -0.15) is 13.3 Å². The second-order valence-corrected chi connectivity index (χ2v) is 1.34. The molecule has 0 spiro atoms. The van der Waals surface area contributed by atoms with Crippen molar-refractivity contribution in [3.63, 3.8) is 0 Å². The first-order chi connectivity index (χ1) is 3.00. The van der Waals surface area contributed by atoms with E-state index in [1.165, 1.54) is 0 Å². The SMILES string of the molecule is N=O.O=S(=O)(O)O.[CaH2]. The molecule has 0 aromatic rings. The molecule has 0 fully saturated rings. The third-order valence-corrected chi connectivity index (χ3v) is 0. The normalized spacial score (nSPS) is 7.75. The number of nitroso groups, excluding NO2 is 1. The summed E-state index contributed by atoms with van der Waals surface area (Å²) in [7, 11) is -4.67. The Labute approximate surface area is 75.6 Å². The first-order valence-corrected chi connectivity index (χ1v) is 2.30. The van der Waals surface area contributed by atoms with Crippen molar-refractivity contribution in [2.24, 2.45) is 0 Å². The van der Waals surface area contributed by atoms with E-state index in [1.807, 2.05) is 0 Å². The van der Waals surface area contributed by atoms with Gasteiger partial charge in [-0.3, -0.25) is 9.11 Å². The topological polar surface area (TPSA) is 116 Å². The van der Waals surface area contributed by atoms with E-state index < -0.39 is 10.4 Å². The van der Waals surface area contributed by atoms with Gasteiger partial charge in [0.1, 0.15) is 0 Å². The van der Waals surface area contributed by atoms with Crippen molar-refractivity contribution < 1.29 is 17.5 Å². The molecule has 6 nitrogen and oxygen atoms in total. The summed E-state index contributed by atoms with van der Waals surface area (Å²) in [6.07, 6.45) is 0. The average molecular weight is 171 g/mol. The molecule has 0 aliphatic heterocycles. The monoisotopic (exact) mass is 171 g/mol. The second-order valence-electron chi connectivity index (χ2n) is 0.448. The summed E-state index contributed by atoms with van der Waals surface area (Å²) in [5, 5.41) is 0. The summed E-state index contributed by atoms with van der Waals surface area (Å²) in [6, 6.07) is 0. The fourth-order valence-corrected chi connectivity index (χ4v) is 0. The van der Waals surface area contributed by atoms with Gasteiger partial charge in [0.2, 0.25) is 0 Å². The molecule has 0 radical (unpaired) electrons. The van der Waals surface area contributed by atoms with Gasteiger partial charge in [-0.1, -0.05) is 5.59 Å². The van der Waals surface area contributed by atoms with Gasteiger partial charge in [-0.15, -0.1) is 0 Å². The molecule has 0 atom stereocenters. The number of rotatable bonds is 0. The Morgan fingerprint density at radius 1 is 1.12 bits per heavy atom. The summed E-state index contributed by atoms with van der Waals surface area (Å²) in [4.78, 5) is 7.50. The Balaban J connectivity index is -0.0000000750. The molecule has 0 bridgehead atoms. The van der Waals surface area contributed by atoms with E-state index in [2.05, 4.69) is 5.59 Å². The molecule has 3 N–H and O–H groups in total. The first-order valence-electron chi connectivity index (χ1n) is 0.903. The number of hydrogen-bond donors (Lipinski definition) is 3. The predicted octanol–water partition coefficient (Wildman–Crippen LogP) is -1.24. The molecule has 0 aromatic heterocycles. The van der Waals surface area contributed by atoms with Gasteiger partial charge in [0.25, 0.3) is 0 Å². The van der Waals surface area contributed by atoms with E-state index in [4.69, 9.17) is 22.4 Å². The fraction of sp³-hybridized carbons (Fsp3) is 0.